The van der Waals surface area contributed by atoms with Crippen LogP contribution in [-0.2, 0) is 27.5 Å². The lowest BCUT2D eigenvalue weighted by atomic mass is 10.0. The molecule has 2 aliphatic heterocycles. The Hall–Kier alpha value is -3.24. The van der Waals surface area contributed by atoms with Gasteiger partial charge in [-0.25, -0.2) is 4.98 Å². The highest BCUT2D eigenvalue weighted by atomic mass is 32.1. The Balaban J connectivity index is 1.36. The molecule has 1 N–H and O–H groups in total. The normalized spacial score (nSPS) is 23.1. The Morgan fingerprint density at radius 2 is 1.92 bits per heavy atom. The van der Waals surface area contributed by atoms with Crippen molar-refractivity contribution in [2.45, 2.75) is 33.9 Å². The van der Waals surface area contributed by atoms with E-state index in [1.165, 1.54) is 22.3 Å². The summed E-state index contributed by atoms with van der Waals surface area (Å²) in [4.78, 5) is 50.8. The van der Waals surface area contributed by atoms with E-state index in [0.29, 0.717) is 30.8 Å². The van der Waals surface area contributed by atoms with Crippen molar-refractivity contribution < 1.29 is 18.8 Å². The second-order valence-corrected chi connectivity index (χ2v) is 11.5. The molecule has 3 aliphatic rings. The minimum atomic E-state index is -0.588. The van der Waals surface area contributed by atoms with Gasteiger partial charge in [0.25, 0.3) is 0 Å². The van der Waals surface area contributed by atoms with Crippen LogP contribution in [0, 0.1) is 30.1 Å². The van der Waals surface area contributed by atoms with Gasteiger partial charge < -0.3 is 10.2 Å². The first kappa shape index (κ1) is 23.2. The first-order chi connectivity index (χ1) is 17.2. The lowest BCUT2D eigenvalue weighted by Crippen LogP contribution is -2.47. The molecule has 5 heterocycles. The lowest BCUT2D eigenvalue weighted by molar-refractivity contribution is -0.143. The van der Waals surface area contributed by atoms with E-state index < -0.39 is 5.95 Å². The van der Waals surface area contributed by atoms with Crippen molar-refractivity contribution in [1.82, 2.24) is 25.1 Å². The van der Waals surface area contributed by atoms with Gasteiger partial charge in [0.15, 0.2) is 0 Å². The average Bonchev–Trinajstić information content (AvgIpc) is 3.08. The quantitative estimate of drug-likeness (QED) is 0.422. The molecule has 8 nitrogen and oxygen atoms in total. The van der Waals surface area contributed by atoms with E-state index in [2.05, 4.69) is 15.3 Å². The Morgan fingerprint density at radius 3 is 2.64 bits per heavy atom. The molecule has 3 aromatic rings. The number of hydrogen-bond donors (Lipinski definition) is 1. The van der Waals surface area contributed by atoms with Gasteiger partial charge >= 0.3 is 0 Å². The van der Waals surface area contributed by atoms with Gasteiger partial charge in [-0.2, -0.15) is 4.39 Å². The fraction of sp³-hybridized carbons (Fsp3) is 0.423. The maximum atomic E-state index is 14.5. The van der Waals surface area contributed by atoms with E-state index in [0.717, 1.165) is 26.3 Å². The molecule has 0 aromatic carbocycles. The highest BCUT2D eigenvalue weighted by molar-refractivity contribution is 7.19. The van der Waals surface area contributed by atoms with Crippen molar-refractivity contribution >= 4 is 39.3 Å². The SMILES string of the molecule is Cc1cc(F)nc(-c2ccnc3cc(CN4C(=O)C5C(C4=O)C5(C)C)sc23)c1CN1CCNCC1=O. The monoisotopic (exact) mass is 507 g/mol. The molecule has 0 radical (unpaired) electrons. The topological polar surface area (TPSA) is 95.5 Å². The zero-order valence-corrected chi connectivity index (χ0v) is 21.1. The summed E-state index contributed by atoms with van der Waals surface area (Å²) < 4.78 is 15.3. The summed E-state index contributed by atoms with van der Waals surface area (Å²) in [5, 5.41) is 3.07. The summed E-state index contributed by atoms with van der Waals surface area (Å²) in [6.45, 7) is 7.85. The first-order valence-corrected chi connectivity index (χ1v) is 12.9. The Morgan fingerprint density at radius 1 is 1.17 bits per heavy atom. The van der Waals surface area contributed by atoms with Gasteiger partial charge in [0.05, 0.1) is 40.8 Å². The van der Waals surface area contributed by atoms with Crippen molar-refractivity contribution in [3.05, 3.63) is 46.3 Å². The maximum Gasteiger partial charge on any atom is 0.236 e. The highest BCUT2D eigenvalue weighted by Crippen LogP contribution is 2.63. The lowest BCUT2D eigenvalue weighted by Gasteiger charge is -2.28. The average molecular weight is 508 g/mol. The number of imide groups is 1. The highest BCUT2D eigenvalue weighted by Gasteiger charge is 2.72. The molecule has 36 heavy (non-hydrogen) atoms. The third-order valence-corrected chi connectivity index (χ3v) is 8.92. The van der Waals surface area contributed by atoms with Crippen LogP contribution in [0.4, 0.5) is 4.39 Å². The molecule has 1 saturated carbocycles. The molecule has 6 rings (SSSR count). The van der Waals surface area contributed by atoms with Crippen LogP contribution < -0.4 is 5.32 Å². The predicted molar refractivity (Wildman–Crippen MR) is 132 cm³/mol. The number of halogens is 1. The van der Waals surface area contributed by atoms with Crippen LogP contribution in [-0.4, -0.2) is 57.1 Å². The standard InChI is InChI=1S/C26H26FN5O3S/c1-13-8-18(27)30-22(16(13)12-31-7-6-28-10-19(31)33)15-4-5-29-17-9-14(36-23(15)17)11-32-24(34)20-21(25(32)35)26(20,2)3/h4-5,8-9,20-21,28H,6-7,10-12H2,1-3H3. The third kappa shape index (κ3) is 3.54. The van der Waals surface area contributed by atoms with Crippen molar-refractivity contribution in [1.29, 1.82) is 0 Å². The zero-order chi connectivity index (χ0) is 25.4. The van der Waals surface area contributed by atoms with Gasteiger partial charge in [-0.1, -0.05) is 13.8 Å². The minimum absolute atomic E-state index is 0.00427. The summed E-state index contributed by atoms with van der Waals surface area (Å²) in [6, 6.07) is 5.07. The molecule has 2 unspecified atom stereocenters. The number of aryl methyl sites for hydroxylation is 1. The van der Waals surface area contributed by atoms with Crippen LogP contribution in [0.2, 0.25) is 0 Å². The molecular weight excluding hydrogens is 481 g/mol. The number of aromatic nitrogens is 2. The molecule has 0 bridgehead atoms. The first-order valence-electron chi connectivity index (χ1n) is 12.0. The number of pyridine rings is 2. The van der Waals surface area contributed by atoms with Crippen LogP contribution >= 0.6 is 11.3 Å². The van der Waals surface area contributed by atoms with Crippen LogP contribution in [0.15, 0.2) is 24.4 Å². The molecule has 3 amide bonds. The third-order valence-electron chi connectivity index (χ3n) is 7.78. The molecule has 0 spiro atoms. The Labute approximate surface area is 211 Å². The Bertz CT molecular complexity index is 1430. The largest absolute Gasteiger partial charge is 0.336 e. The van der Waals surface area contributed by atoms with Crippen LogP contribution in [0.5, 0.6) is 0 Å². The number of piperidine rings is 1. The number of hydrogen-bond acceptors (Lipinski definition) is 7. The number of nitrogens with zero attached hydrogens (tertiary/aromatic N) is 4. The molecule has 10 heteroatoms. The predicted octanol–water partition coefficient (Wildman–Crippen LogP) is 2.88. The van der Waals surface area contributed by atoms with Crippen molar-refractivity contribution in [2.75, 3.05) is 19.6 Å². The summed E-state index contributed by atoms with van der Waals surface area (Å²) in [7, 11) is 0. The van der Waals surface area contributed by atoms with E-state index in [1.54, 1.807) is 17.2 Å². The summed E-state index contributed by atoms with van der Waals surface area (Å²) in [5.41, 5.74) is 3.17. The van der Waals surface area contributed by atoms with Gasteiger partial charge in [-0.3, -0.25) is 24.3 Å². The van der Waals surface area contributed by atoms with Crippen molar-refractivity contribution in [2.24, 2.45) is 17.3 Å². The minimum Gasteiger partial charge on any atom is -0.336 e. The van der Waals surface area contributed by atoms with Gasteiger partial charge in [0.1, 0.15) is 0 Å². The van der Waals surface area contributed by atoms with Crippen molar-refractivity contribution in [3.8, 4) is 11.3 Å². The number of carbonyl (C=O) groups excluding carboxylic acids is 3. The van der Waals surface area contributed by atoms with Gasteiger partial charge in [-0.15, -0.1) is 11.3 Å². The molecule has 3 fully saturated rings. The zero-order valence-electron chi connectivity index (χ0n) is 20.3. The van der Waals surface area contributed by atoms with Crippen LogP contribution in [0.25, 0.3) is 21.5 Å². The number of amides is 3. The van der Waals surface area contributed by atoms with Gasteiger partial charge in [0, 0.05) is 41.8 Å². The second-order valence-electron chi connectivity index (χ2n) is 10.4. The van der Waals surface area contributed by atoms with Crippen molar-refractivity contribution in [3.63, 3.8) is 0 Å². The van der Waals surface area contributed by atoms with Crippen LogP contribution in [0.3, 0.4) is 0 Å². The molecule has 186 valence electrons. The van der Waals surface area contributed by atoms with E-state index in [1.807, 2.05) is 26.8 Å². The molecule has 2 atom stereocenters. The summed E-state index contributed by atoms with van der Waals surface area (Å²) in [5.74, 6) is -1.24. The summed E-state index contributed by atoms with van der Waals surface area (Å²) >= 11 is 1.43. The number of carbonyl (C=O) groups is 3. The summed E-state index contributed by atoms with van der Waals surface area (Å²) in [6.07, 6.45) is 1.65. The van der Waals surface area contributed by atoms with Crippen LogP contribution in [0.1, 0.15) is 29.9 Å². The molecule has 3 aromatic heterocycles. The Kier molecular flexibility index (Phi) is 5.24. The number of nitrogens with one attached hydrogen (secondary N) is 1. The van der Waals surface area contributed by atoms with Gasteiger partial charge in [-0.05, 0) is 36.1 Å². The van der Waals surface area contributed by atoms with Gasteiger partial charge in [0.2, 0.25) is 23.7 Å². The number of thiophene rings is 1. The van der Waals surface area contributed by atoms with E-state index in [9.17, 15) is 18.8 Å². The molecule has 2 saturated heterocycles. The smallest absolute Gasteiger partial charge is 0.236 e. The number of likely N-dealkylation sites (tertiary alicyclic amines) is 1. The maximum absolute atomic E-state index is 14.5. The number of piperazine rings is 1. The second kappa shape index (κ2) is 8.14. The fourth-order valence-corrected chi connectivity index (χ4v) is 6.77. The fourth-order valence-electron chi connectivity index (χ4n) is 5.65. The van der Waals surface area contributed by atoms with E-state index in [-0.39, 0.29) is 48.1 Å². The number of fused-ring (bicyclic) bond motifs is 2. The molecular formula is C26H26FN5O3S. The molecule has 1 aliphatic carbocycles. The number of rotatable bonds is 5. The van der Waals surface area contributed by atoms with E-state index >= 15 is 0 Å². The van der Waals surface area contributed by atoms with E-state index in [4.69, 9.17) is 0 Å².